The number of hydrogen-bond donors (Lipinski definition) is 4. The number of halogens is 1. The Balaban J connectivity index is 1.78. The summed E-state index contributed by atoms with van der Waals surface area (Å²) >= 11 is 3.35. The zero-order chi connectivity index (χ0) is 23.1. The summed E-state index contributed by atoms with van der Waals surface area (Å²) in [4.78, 5) is 26.3. The zero-order valence-electron chi connectivity index (χ0n) is 18.0. The Hall–Kier alpha value is -3.78. The van der Waals surface area contributed by atoms with Gasteiger partial charge >= 0.3 is 0 Å². The molecule has 0 saturated carbocycles. The highest BCUT2D eigenvalue weighted by Crippen LogP contribution is 2.38. The first-order valence-electron chi connectivity index (χ1n) is 10.4. The minimum Gasteiger partial charge on any atom is -0.453 e. The summed E-state index contributed by atoms with van der Waals surface area (Å²) in [5.74, 6) is -0.285. The topological polar surface area (TPSA) is 110 Å². The predicted octanol–water partition coefficient (Wildman–Crippen LogP) is 5.21. The van der Waals surface area contributed by atoms with E-state index in [2.05, 4.69) is 36.3 Å². The first-order valence-corrected chi connectivity index (χ1v) is 11.2. The van der Waals surface area contributed by atoms with E-state index >= 15 is 0 Å². The van der Waals surface area contributed by atoms with Crippen molar-refractivity contribution < 1.29 is 4.42 Å². The van der Waals surface area contributed by atoms with Gasteiger partial charge in [0.15, 0.2) is 4.67 Å². The Morgan fingerprint density at radius 1 is 0.667 bits per heavy atom. The minimum atomic E-state index is -0.756. The molecule has 33 heavy (non-hydrogen) atoms. The molecule has 3 aromatic heterocycles. The molecular formula is C25H21BrN4O3. The Labute approximate surface area is 197 Å². The van der Waals surface area contributed by atoms with E-state index in [1.165, 1.54) is 0 Å². The molecule has 0 unspecified atom stereocenters. The van der Waals surface area contributed by atoms with Crippen molar-refractivity contribution in [3.63, 3.8) is 0 Å². The highest BCUT2D eigenvalue weighted by Gasteiger charge is 2.33. The number of nitrogens with one attached hydrogen (secondary N) is 4. The van der Waals surface area contributed by atoms with Crippen LogP contribution in [0.3, 0.4) is 0 Å². The Bertz CT molecular complexity index is 1430. The Morgan fingerprint density at radius 3 is 1.52 bits per heavy atom. The van der Waals surface area contributed by atoms with E-state index in [0.717, 1.165) is 22.3 Å². The summed E-state index contributed by atoms with van der Waals surface area (Å²) < 4.78 is 6.42. The van der Waals surface area contributed by atoms with Crippen LogP contribution >= 0.6 is 15.9 Å². The molecule has 0 spiro atoms. The second-order valence-electron chi connectivity index (χ2n) is 8.04. The summed E-state index contributed by atoms with van der Waals surface area (Å²) in [6.45, 7) is 4.00. The molecule has 0 fully saturated rings. The van der Waals surface area contributed by atoms with Gasteiger partial charge in [0.1, 0.15) is 5.76 Å². The van der Waals surface area contributed by atoms with Gasteiger partial charge in [-0.1, -0.05) is 59.7 Å². The predicted molar refractivity (Wildman–Crippen MR) is 131 cm³/mol. The van der Waals surface area contributed by atoms with Crippen LogP contribution in [0.1, 0.15) is 33.9 Å². The normalized spacial score (nSPS) is 11.4. The van der Waals surface area contributed by atoms with Gasteiger partial charge < -0.3 is 4.42 Å². The molecule has 0 radical (unpaired) electrons. The van der Waals surface area contributed by atoms with E-state index in [-0.39, 0.29) is 11.1 Å². The largest absolute Gasteiger partial charge is 0.453 e. The van der Waals surface area contributed by atoms with Crippen molar-refractivity contribution >= 4 is 15.9 Å². The Morgan fingerprint density at radius 2 is 1.12 bits per heavy atom. The van der Waals surface area contributed by atoms with Gasteiger partial charge in [-0.2, -0.15) is 0 Å². The molecule has 3 heterocycles. The number of hydrogen-bond acceptors (Lipinski definition) is 3. The maximum atomic E-state index is 13.1. The van der Waals surface area contributed by atoms with Gasteiger partial charge in [0, 0.05) is 0 Å². The van der Waals surface area contributed by atoms with E-state index in [4.69, 9.17) is 4.42 Å². The molecule has 8 heteroatoms. The van der Waals surface area contributed by atoms with Gasteiger partial charge in [0.2, 0.25) is 0 Å². The number of aromatic amines is 4. The van der Waals surface area contributed by atoms with Crippen molar-refractivity contribution in [2.75, 3.05) is 0 Å². The quantitative estimate of drug-likeness (QED) is 0.263. The fraction of sp³-hybridized carbons (Fsp3) is 0.120. The first-order chi connectivity index (χ1) is 15.9. The number of H-pyrrole nitrogens is 4. The third-order valence-electron chi connectivity index (χ3n) is 5.77. The number of aryl methyl sites for hydroxylation is 2. The average Bonchev–Trinajstić information content (AvgIpc) is 3.50. The van der Waals surface area contributed by atoms with E-state index in [1.807, 2.05) is 62.4 Å². The third-order valence-corrected chi connectivity index (χ3v) is 6.19. The Kier molecular flexibility index (Phi) is 5.30. The molecule has 0 aliphatic rings. The lowest BCUT2D eigenvalue weighted by atomic mass is 9.86. The average molecular weight is 505 g/mol. The summed E-state index contributed by atoms with van der Waals surface area (Å²) in [6, 6.07) is 19.2. The summed E-state index contributed by atoms with van der Waals surface area (Å²) in [6.07, 6.45) is 0. The van der Waals surface area contributed by atoms with Crippen molar-refractivity contribution in [3.05, 3.63) is 114 Å². The molecule has 0 amide bonds. The molecule has 0 bridgehead atoms. The third kappa shape index (κ3) is 3.82. The molecule has 5 rings (SSSR count). The lowest BCUT2D eigenvalue weighted by molar-refractivity contribution is 0.482. The van der Waals surface area contributed by atoms with Crippen LogP contribution in [0, 0.1) is 13.8 Å². The van der Waals surface area contributed by atoms with Gasteiger partial charge in [0.05, 0.1) is 28.4 Å². The van der Waals surface area contributed by atoms with Crippen LogP contribution in [0.25, 0.3) is 22.5 Å². The van der Waals surface area contributed by atoms with Crippen LogP contribution in [0.2, 0.25) is 0 Å². The van der Waals surface area contributed by atoms with Gasteiger partial charge in [-0.15, -0.1) is 0 Å². The van der Waals surface area contributed by atoms with Crippen LogP contribution < -0.4 is 11.1 Å². The molecule has 0 atom stereocenters. The highest BCUT2D eigenvalue weighted by atomic mass is 79.9. The lowest BCUT2D eigenvalue weighted by Gasteiger charge is -2.15. The van der Waals surface area contributed by atoms with Crippen LogP contribution in [0.4, 0.5) is 0 Å². The first kappa shape index (κ1) is 21.1. The molecule has 166 valence electrons. The highest BCUT2D eigenvalue weighted by molar-refractivity contribution is 9.10. The van der Waals surface area contributed by atoms with Crippen molar-refractivity contribution in [3.8, 4) is 22.5 Å². The smallest absolute Gasteiger partial charge is 0.268 e. The molecule has 7 nitrogen and oxygen atoms in total. The second kappa shape index (κ2) is 8.29. The maximum absolute atomic E-state index is 13.1. The fourth-order valence-electron chi connectivity index (χ4n) is 4.09. The van der Waals surface area contributed by atoms with Crippen LogP contribution in [-0.2, 0) is 0 Å². The molecule has 0 saturated heterocycles. The van der Waals surface area contributed by atoms with E-state index in [0.29, 0.717) is 32.9 Å². The van der Waals surface area contributed by atoms with Crippen molar-refractivity contribution in [2.45, 2.75) is 19.8 Å². The van der Waals surface area contributed by atoms with E-state index < -0.39 is 5.92 Å². The number of benzene rings is 2. The SMILES string of the molecule is Cc1ccc(-c2[nH][nH]c(=O)c2C(c2ccc(Br)o2)c2c(-c3ccc(C)cc3)[nH][nH]c2=O)cc1. The van der Waals surface area contributed by atoms with Gasteiger partial charge in [-0.05, 0) is 53.0 Å². The standard InChI is InChI=1S/C25H21BrN4O3/c1-13-3-7-15(8-4-13)22-20(24(31)29-27-22)19(17-11-12-18(26)33-17)21-23(28-30-25(21)32)16-9-5-14(2)6-10-16/h3-12,19H,1-2H3,(H2,27,29,31)(H2,28,30,32). The van der Waals surface area contributed by atoms with Gasteiger partial charge in [-0.3, -0.25) is 30.0 Å². The lowest BCUT2D eigenvalue weighted by Crippen LogP contribution is -2.19. The second-order valence-corrected chi connectivity index (χ2v) is 8.82. The van der Waals surface area contributed by atoms with Crippen molar-refractivity contribution in [2.24, 2.45) is 0 Å². The van der Waals surface area contributed by atoms with Crippen LogP contribution in [0.15, 0.2) is 79.3 Å². The number of rotatable bonds is 5. The molecule has 5 aromatic rings. The van der Waals surface area contributed by atoms with Crippen LogP contribution in [0.5, 0.6) is 0 Å². The monoisotopic (exact) mass is 504 g/mol. The summed E-state index contributed by atoms with van der Waals surface area (Å²) in [5.41, 5.74) is 5.24. The van der Waals surface area contributed by atoms with Crippen molar-refractivity contribution in [1.29, 1.82) is 0 Å². The molecule has 4 N–H and O–H groups in total. The molecular weight excluding hydrogens is 484 g/mol. The summed E-state index contributed by atoms with van der Waals surface area (Å²) in [7, 11) is 0. The number of aromatic nitrogens is 4. The number of furan rings is 1. The molecule has 0 aliphatic carbocycles. The van der Waals surface area contributed by atoms with E-state index in [9.17, 15) is 9.59 Å². The minimum absolute atomic E-state index is 0.321. The zero-order valence-corrected chi connectivity index (χ0v) is 19.5. The van der Waals surface area contributed by atoms with Crippen LogP contribution in [-0.4, -0.2) is 20.4 Å². The molecule has 2 aromatic carbocycles. The molecule has 0 aliphatic heterocycles. The van der Waals surface area contributed by atoms with Gasteiger partial charge in [-0.25, -0.2) is 0 Å². The van der Waals surface area contributed by atoms with E-state index in [1.54, 1.807) is 12.1 Å². The van der Waals surface area contributed by atoms with Gasteiger partial charge in [0.25, 0.3) is 11.1 Å². The van der Waals surface area contributed by atoms with Crippen molar-refractivity contribution in [1.82, 2.24) is 20.4 Å². The summed E-state index contributed by atoms with van der Waals surface area (Å²) in [5, 5.41) is 11.4. The fourth-order valence-corrected chi connectivity index (χ4v) is 4.41. The maximum Gasteiger partial charge on any atom is 0.268 e.